The lowest BCUT2D eigenvalue weighted by molar-refractivity contribution is 0.191. The topological polar surface area (TPSA) is 66.4 Å². The van der Waals surface area contributed by atoms with Gasteiger partial charge in [-0.2, -0.15) is 0 Å². The predicted octanol–water partition coefficient (Wildman–Crippen LogP) is 4.24. The van der Waals surface area contributed by atoms with E-state index in [0.29, 0.717) is 11.6 Å². The smallest absolute Gasteiger partial charge is 0.119 e. The van der Waals surface area contributed by atoms with E-state index in [1.165, 1.54) is 0 Å². The predicted molar refractivity (Wildman–Crippen MR) is 116 cm³/mol. The highest BCUT2D eigenvalue weighted by Crippen LogP contribution is 2.34. The monoisotopic (exact) mass is 409 g/mol. The summed E-state index contributed by atoms with van der Waals surface area (Å²) in [6, 6.07) is 11.6. The first-order chi connectivity index (χ1) is 12.6. The van der Waals surface area contributed by atoms with Gasteiger partial charge in [0.15, 0.2) is 0 Å². The summed E-state index contributed by atoms with van der Waals surface area (Å²) < 4.78 is 5.38. The molecule has 2 aromatic carbocycles. The fourth-order valence-electron chi connectivity index (χ4n) is 2.95. The van der Waals surface area contributed by atoms with Crippen LogP contribution in [0.25, 0.3) is 21.8 Å². The molecule has 0 radical (unpaired) electrons. The third-order valence-electron chi connectivity index (χ3n) is 4.21. The van der Waals surface area contributed by atoms with Gasteiger partial charge in [0.25, 0.3) is 0 Å². The molecule has 0 saturated heterocycles. The molecule has 3 rings (SSSR count). The zero-order chi connectivity index (χ0) is 18.5. The maximum atomic E-state index is 9.29. The van der Waals surface area contributed by atoms with Crippen LogP contribution in [0.3, 0.4) is 0 Å². The molecule has 1 atom stereocenters. The van der Waals surface area contributed by atoms with Crippen LogP contribution < -0.4 is 15.4 Å². The molecule has 146 valence electrons. The lowest BCUT2D eigenvalue weighted by Crippen LogP contribution is -2.26. The molecule has 0 aliphatic rings. The van der Waals surface area contributed by atoms with Crippen LogP contribution in [0.15, 0.2) is 36.4 Å². The molecular formula is C20H25Cl2N3O2. The SMILES string of the molecule is COc1ccc2nc3cc(Cl)ccc3c(NCCCNCC(C)O)c2c1.Cl. The molecule has 0 saturated carbocycles. The highest BCUT2D eigenvalue weighted by Gasteiger charge is 2.10. The standard InChI is InChI=1S/C20H24ClN3O2.ClH/c1-13(25)12-22-8-3-9-23-20-16-6-4-14(21)10-19(16)24-18-7-5-15(26-2)11-17(18)20;/h4-7,10-11,13,22,25H,3,8-9,12H2,1-2H3,(H,23,24);1H. The van der Waals surface area contributed by atoms with Crippen LogP contribution in [-0.2, 0) is 0 Å². The van der Waals surface area contributed by atoms with Crippen molar-refractivity contribution < 1.29 is 9.84 Å². The van der Waals surface area contributed by atoms with Gasteiger partial charge in [-0.1, -0.05) is 11.6 Å². The van der Waals surface area contributed by atoms with Crippen LogP contribution in [0.2, 0.25) is 5.02 Å². The summed E-state index contributed by atoms with van der Waals surface area (Å²) in [5.74, 6) is 0.800. The largest absolute Gasteiger partial charge is 0.497 e. The highest BCUT2D eigenvalue weighted by molar-refractivity contribution is 6.31. The summed E-state index contributed by atoms with van der Waals surface area (Å²) in [5, 5.41) is 18.8. The van der Waals surface area contributed by atoms with E-state index in [-0.39, 0.29) is 18.5 Å². The number of fused-ring (bicyclic) bond motifs is 2. The summed E-state index contributed by atoms with van der Waals surface area (Å²) in [6.45, 7) is 4.03. The number of anilines is 1. The average molecular weight is 410 g/mol. The Balaban J connectivity index is 0.00000261. The summed E-state index contributed by atoms with van der Waals surface area (Å²) in [7, 11) is 1.66. The molecule has 0 aliphatic heterocycles. The van der Waals surface area contributed by atoms with Gasteiger partial charge in [-0.3, -0.25) is 0 Å². The summed E-state index contributed by atoms with van der Waals surface area (Å²) in [4.78, 5) is 4.73. The van der Waals surface area contributed by atoms with Gasteiger partial charge < -0.3 is 20.5 Å². The fourth-order valence-corrected chi connectivity index (χ4v) is 3.12. The number of aromatic nitrogens is 1. The van der Waals surface area contributed by atoms with Gasteiger partial charge in [0.05, 0.1) is 29.9 Å². The Bertz CT molecular complexity index is 903. The van der Waals surface area contributed by atoms with E-state index in [1.807, 2.05) is 36.4 Å². The number of hydrogen-bond acceptors (Lipinski definition) is 5. The summed E-state index contributed by atoms with van der Waals surface area (Å²) in [5.41, 5.74) is 2.80. The van der Waals surface area contributed by atoms with Crippen molar-refractivity contribution in [3.63, 3.8) is 0 Å². The number of nitrogens with zero attached hydrogens (tertiary/aromatic N) is 1. The molecule has 27 heavy (non-hydrogen) atoms. The average Bonchev–Trinajstić information content (AvgIpc) is 2.62. The molecule has 3 aromatic rings. The highest BCUT2D eigenvalue weighted by atomic mass is 35.5. The zero-order valence-electron chi connectivity index (χ0n) is 15.5. The number of pyridine rings is 1. The minimum atomic E-state index is -0.326. The van der Waals surface area contributed by atoms with Crippen molar-refractivity contribution in [1.29, 1.82) is 0 Å². The number of rotatable bonds is 8. The van der Waals surface area contributed by atoms with Crippen molar-refractivity contribution >= 4 is 51.5 Å². The van der Waals surface area contributed by atoms with Crippen LogP contribution in [0.5, 0.6) is 5.75 Å². The normalized spacial score (nSPS) is 12.0. The first kappa shape index (κ1) is 21.5. The summed E-state index contributed by atoms with van der Waals surface area (Å²) in [6.07, 6.45) is 0.614. The van der Waals surface area contributed by atoms with Crippen LogP contribution in [0.1, 0.15) is 13.3 Å². The molecule has 7 heteroatoms. The fraction of sp³-hybridized carbons (Fsp3) is 0.350. The number of ether oxygens (including phenoxy) is 1. The minimum Gasteiger partial charge on any atom is -0.497 e. The molecule has 0 bridgehead atoms. The van der Waals surface area contributed by atoms with Crippen LogP contribution in [0.4, 0.5) is 5.69 Å². The third kappa shape index (κ3) is 5.36. The van der Waals surface area contributed by atoms with E-state index in [9.17, 15) is 5.11 Å². The number of aliphatic hydroxyl groups excluding tert-OH is 1. The van der Waals surface area contributed by atoms with Crippen LogP contribution in [-0.4, -0.2) is 42.9 Å². The number of aliphatic hydroxyl groups is 1. The van der Waals surface area contributed by atoms with E-state index in [1.54, 1.807) is 14.0 Å². The van der Waals surface area contributed by atoms with Crippen molar-refractivity contribution in [3.8, 4) is 5.75 Å². The van der Waals surface area contributed by atoms with Gasteiger partial charge in [0, 0.05) is 28.9 Å². The Labute approximate surface area is 170 Å². The first-order valence-corrected chi connectivity index (χ1v) is 9.16. The maximum absolute atomic E-state index is 9.29. The van der Waals surface area contributed by atoms with E-state index < -0.39 is 0 Å². The molecule has 1 aromatic heterocycles. The van der Waals surface area contributed by atoms with E-state index >= 15 is 0 Å². The van der Waals surface area contributed by atoms with Gasteiger partial charge in [-0.05, 0) is 56.3 Å². The van der Waals surface area contributed by atoms with Crippen molar-refractivity contribution in [1.82, 2.24) is 10.3 Å². The number of nitrogens with one attached hydrogen (secondary N) is 2. The minimum absolute atomic E-state index is 0. The maximum Gasteiger partial charge on any atom is 0.119 e. The Kier molecular flexibility index (Phi) is 7.92. The molecule has 0 aliphatic carbocycles. The van der Waals surface area contributed by atoms with Gasteiger partial charge in [0.2, 0.25) is 0 Å². The molecule has 3 N–H and O–H groups in total. The van der Waals surface area contributed by atoms with Crippen molar-refractivity contribution in [3.05, 3.63) is 41.4 Å². The third-order valence-corrected chi connectivity index (χ3v) is 4.45. The number of hydrogen-bond donors (Lipinski definition) is 3. The molecule has 5 nitrogen and oxygen atoms in total. The molecule has 0 amide bonds. The second kappa shape index (κ2) is 9.95. The number of benzene rings is 2. The molecular weight excluding hydrogens is 385 g/mol. The van der Waals surface area contributed by atoms with Gasteiger partial charge in [0.1, 0.15) is 5.75 Å². The Morgan fingerprint density at radius 2 is 1.93 bits per heavy atom. The lowest BCUT2D eigenvalue weighted by Gasteiger charge is -2.14. The van der Waals surface area contributed by atoms with Crippen LogP contribution in [0, 0.1) is 0 Å². The molecule has 0 spiro atoms. The first-order valence-electron chi connectivity index (χ1n) is 8.78. The van der Waals surface area contributed by atoms with Crippen molar-refractivity contribution in [2.24, 2.45) is 0 Å². The molecule has 0 fully saturated rings. The van der Waals surface area contributed by atoms with Gasteiger partial charge in [-0.25, -0.2) is 4.98 Å². The van der Waals surface area contributed by atoms with E-state index in [2.05, 4.69) is 10.6 Å². The van der Waals surface area contributed by atoms with Gasteiger partial charge in [-0.15, -0.1) is 12.4 Å². The quantitative estimate of drug-likeness (QED) is 0.383. The Hall–Kier alpha value is -1.79. The number of halogens is 2. The molecule has 1 unspecified atom stereocenters. The molecule has 1 heterocycles. The van der Waals surface area contributed by atoms with Crippen LogP contribution >= 0.6 is 24.0 Å². The second-order valence-electron chi connectivity index (χ2n) is 6.36. The van der Waals surface area contributed by atoms with Crippen molar-refractivity contribution in [2.75, 3.05) is 32.1 Å². The van der Waals surface area contributed by atoms with E-state index in [4.69, 9.17) is 21.3 Å². The lowest BCUT2D eigenvalue weighted by atomic mass is 10.1. The Morgan fingerprint density at radius 1 is 1.11 bits per heavy atom. The van der Waals surface area contributed by atoms with E-state index in [0.717, 1.165) is 52.8 Å². The second-order valence-corrected chi connectivity index (χ2v) is 6.80. The van der Waals surface area contributed by atoms with Gasteiger partial charge >= 0.3 is 0 Å². The van der Waals surface area contributed by atoms with Crippen molar-refractivity contribution in [2.45, 2.75) is 19.4 Å². The zero-order valence-corrected chi connectivity index (χ0v) is 17.0. The Morgan fingerprint density at radius 3 is 2.67 bits per heavy atom. The summed E-state index contributed by atoms with van der Waals surface area (Å²) >= 11 is 6.15. The number of methoxy groups -OCH3 is 1.